The molecule has 7 heteroatoms. The van der Waals surface area contributed by atoms with Crippen molar-refractivity contribution in [3.05, 3.63) is 24.2 Å². The van der Waals surface area contributed by atoms with E-state index in [-0.39, 0.29) is 12.5 Å². The fourth-order valence-corrected chi connectivity index (χ4v) is 3.63. The van der Waals surface area contributed by atoms with Crippen LogP contribution in [0.25, 0.3) is 0 Å². The number of piperidine rings is 1. The van der Waals surface area contributed by atoms with Gasteiger partial charge in [-0.3, -0.25) is 0 Å². The number of aliphatic hydroxyl groups is 1. The van der Waals surface area contributed by atoms with Crippen molar-refractivity contribution in [2.45, 2.75) is 25.8 Å². The van der Waals surface area contributed by atoms with Crippen molar-refractivity contribution in [1.82, 2.24) is 9.03 Å². The first-order valence-electron chi connectivity index (χ1n) is 6.44. The molecule has 0 spiro atoms. The molecule has 0 bridgehead atoms. The van der Waals surface area contributed by atoms with E-state index in [1.54, 1.807) is 19.1 Å². The van der Waals surface area contributed by atoms with E-state index in [4.69, 9.17) is 9.52 Å². The molecule has 0 aliphatic carbocycles. The first kappa shape index (κ1) is 14.5. The molecule has 108 valence electrons. The normalized spacial score (nSPS) is 20.5. The lowest BCUT2D eigenvalue weighted by atomic mass is 10.00. The van der Waals surface area contributed by atoms with Gasteiger partial charge in [0.1, 0.15) is 5.76 Å². The fourth-order valence-electron chi connectivity index (χ4n) is 2.23. The Kier molecular flexibility index (Phi) is 4.62. The Morgan fingerprint density at radius 3 is 2.74 bits per heavy atom. The topological polar surface area (TPSA) is 82.8 Å². The molecule has 2 heterocycles. The van der Waals surface area contributed by atoms with E-state index in [2.05, 4.69) is 4.72 Å². The zero-order chi connectivity index (χ0) is 13.9. The molecule has 1 unspecified atom stereocenters. The Morgan fingerprint density at radius 1 is 1.53 bits per heavy atom. The molecular weight excluding hydrogens is 268 g/mol. The number of furan rings is 1. The van der Waals surface area contributed by atoms with Crippen LogP contribution in [0, 0.1) is 5.92 Å². The molecular formula is C12H20N2O4S. The van der Waals surface area contributed by atoms with Crippen LogP contribution in [0.15, 0.2) is 22.8 Å². The van der Waals surface area contributed by atoms with Gasteiger partial charge in [0.25, 0.3) is 10.2 Å². The third kappa shape index (κ3) is 3.56. The van der Waals surface area contributed by atoms with Gasteiger partial charge < -0.3 is 9.52 Å². The van der Waals surface area contributed by atoms with Crippen LogP contribution in [-0.2, 0) is 10.2 Å². The predicted octanol–water partition coefficient (Wildman–Crippen LogP) is 0.879. The highest BCUT2D eigenvalue weighted by atomic mass is 32.2. The molecule has 6 nitrogen and oxygen atoms in total. The van der Waals surface area contributed by atoms with E-state index >= 15 is 0 Å². The molecule has 0 radical (unpaired) electrons. The Balaban J connectivity index is 1.95. The molecule has 1 fully saturated rings. The van der Waals surface area contributed by atoms with Gasteiger partial charge in [0.15, 0.2) is 0 Å². The Bertz CT molecular complexity index is 478. The number of hydrogen-bond acceptors (Lipinski definition) is 4. The van der Waals surface area contributed by atoms with Crippen molar-refractivity contribution in [2.24, 2.45) is 5.92 Å². The summed E-state index contributed by atoms with van der Waals surface area (Å²) in [6.45, 7) is 2.78. The maximum atomic E-state index is 12.2. The van der Waals surface area contributed by atoms with E-state index in [9.17, 15) is 8.42 Å². The van der Waals surface area contributed by atoms with Crippen molar-refractivity contribution < 1.29 is 17.9 Å². The Labute approximate surface area is 113 Å². The first-order chi connectivity index (χ1) is 9.03. The van der Waals surface area contributed by atoms with Gasteiger partial charge in [0.05, 0.1) is 12.3 Å². The monoisotopic (exact) mass is 288 g/mol. The van der Waals surface area contributed by atoms with Gasteiger partial charge in [-0.15, -0.1) is 0 Å². The van der Waals surface area contributed by atoms with Gasteiger partial charge in [-0.1, -0.05) is 0 Å². The smallest absolute Gasteiger partial charge is 0.280 e. The third-order valence-corrected chi connectivity index (χ3v) is 5.16. The molecule has 1 aromatic rings. The molecule has 2 N–H and O–H groups in total. The molecule has 1 saturated heterocycles. The Hall–Kier alpha value is -0.890. The molecule has 0 aromatic carbocycles. The second kappa shape index (κ2) is 6.04. The standard InChI is InChI=1S/C12H20N2O4S/c1-10(12-3-2-8-18-12)13-19(16,17)14-6-4-11(9-15)5-7-14/h2-3,8,10-11,13,15H,4-7,9H2,1H3. The van der Waals surface area contributed by atoms with Gasteiger partial charge in [0, 0.05) is 19.7 Å². The van der Waals surface area contributed by atoms with Gasteiger partial charge in [-0.05, 0) is 37.8 Å². The zero-order valence-electron chi connectivity index (χ0n) is 10.9. The minimum Gasteiger partial charge on any atom is -0.468 e. The highest BCUT2D eigenvalue weighted by molar-refractivity contribution is 7.87. The van der Waals surface area contributed by atoms with E-state index in [1.165, 1.54) is 10.6 Å². The number of rotatable bonds is 5. The van der Waals surface area contributed by atoms with Crippen LogP contribution in [0.4, 0.5) is 0 Å². The highest BCUT2D eigenvalue weighted by Crippen LogP contribution is 2.20. The fraction of sp³-hybridized carbons (Fsp3) is 0.667. The maximum Gasteiger partial charge on any atom is 0.280 e. The lowest BCUT2D eigenvalue weighted by molar-refractivity contribution is 0.169. The summed E-state index contributed by atoms with van der Waals surface area (Å²) in [6.07, 6.45) is 2.92. The summed E-state index contributed by atoms with van der Waals surface area (Å²) in [5, 5.41) is 9.05. The number of hydrogen-bond donors (Lipinski definition) is 2. The van der Waals surface area contributed by atoms with Gasteiger partial charge in [-0.25, -0.2) is 0 Å². The van der Waals surface area contributed by atoms with Crippen LogP contribution >= 0.6 is 0 Å². The van der Waals surface area contributed by atoms with E-state index < -0.39 is 16.3 Å². The van der Waals surface area contributed by atoms with Crippen LogP contribution in [0.2, 0.25) is 0 Å². The van der Waals surface area contributed by atoms with Crippen LogP contribution in [0.1, 0.15) is 31.6 Å². The third-order valence-electron chi connectivity index (χ3n) is 3.47. The summed E-state index contributed by atoms with van der Waals surface area (Å²) >= 11 is 0. The van der Waals surface area contributed by atoms with Crippen molar-refractivity contribution in [2.75, 3.05) is 19.7 Å². The summed E-state index contributed by atoms with van der Waals surface area (Å²) in [5.74, 6) is 0.808. The molecule has 2 rings (SSSR count). The highest BCUT2D eigenvalue weighted by Gasteiger charge is 2.29. The van der Waals surface area contributed by atoms with Crippen molar-refractivity contribution in [3.8, 4) is 0 Å². The molecule has 1 aliphatic heterocycles. The Morgan fingerprint density at radius 2 is 2.21 bits per heavy atom. The summed E-state index contributed by atoms with van der Waals surface area (Å²) in [5.41, 5.74) is 0. The minimum atomic E-state index is -3.50. The largest absolute Gasteiger partial charge is 0.468 e. The second-order valence-corrected chi connectivity index (χ2v) is 6.59. The summed E-state index contributed by atoms with van der Waals surface area (Å²) < 4.78 is 33.6. The molecule has 1 aliphatic rings. The summed E-state index contributed by atoms with van der Waals surface area (Å²) in [6, 6.07) is 3.08. The number of nitrogens with one attached hydrogen (secondary N) is 1. The maximum absolute atomic E-state index is 12.2. The molecule has 19 heavy (non-hydrogen) atoms. The predicted molar refractivity (Wildman–Crippen MR) is 70.6 cm³/mol. The SMILES string of the molecule is CC(NS(=O)(=O)N1CCC(CO)CC1)c1ccco1. The van der Waals surface area contributed by atoms with E-state index in [0.29, 0.717) is 31.7 Å². The van der Waals surface area contributed by atoms with Crippen molar-refractivity contribution >= 4 is 10.2 Å². The van der Waals surface area contributed by atoms with Gasteiger partial charge in [0.2, 0.25) is 0 Å². The van der Waals surface area contributed by atoms with Crippen LogP contribution in [0.5, 0.6) is 0 Å². The lowest BCUT2D eigenvalue weighted by Crippen LogP contribution is -2.46. The average Bonchev–Trinajstić information content (AvgIpc) is 2.92. The van der Waals surface area contributed by atoms with Crippen molar-refractivity contribution in [3.63, 3.8) is 0 Å². The van der Waals surface area contributed by atoms with Crippen LogP contribution in [0.3, 0.4) is 0 Å². The zero-order valence-corrected chi connectivity index (χ0v) is 11.8. The van der Waals surface area contributed by atoms with E-state index in [0.717, 1.165) is 0 Å². The lowest BCUT2D eigenvalue weighted by Gasteiger charge is -2.31. The minimum absolute atomic E-state index is 0.129. The van der Waals surface area contributed by atoms with E-state index in [1.807, 2.05) is 0 Å². The summed E-state index contributed by atoms with van der Waals surface area (Å²) in [4.78, 5) is 0. The van der Waals surface area contributed by atoms with Gasteiger partial charge in [-0.2, -0.15) is 17.4 Å². The van der Waals surface area contributed by atoms with Crippen molar-refractivity contribution in [1.29, 1.82) is 0 Å². The average molecular weight is 288 g/mol. The molecule has 0 amide bonds. The summed E-state index contributed by atoms with van der Waals surface area (Å²) in [7, 11) is -3.50. The van der Waals surface area contributed by atoms with Crippen LogP contribution < -0.4 is 4.72 Å². The first-order valence-corrected chi connectivity index (χ1v) is 7.88. The molecule has 1 aromatic heterocycles. The number of nitrogens with zero attached hydrogens (tertiary/aromatic N) is 1. The quantitative estimate of drug-likeness (QED) is 0.842. The molecule has 0 saturated carbocycles. The second-order valence-electron chi connectivity index (χ2n) is 4.88. The molecule has 1 atom stereocenters. The number of aliphatic hydroxyl groups excluding tert-OH is 1. The van der Waals surface area contributed by atoms with Crippen LogP contribution in [-0.4, -0.2) is 37.5 Å². The van der Waals surface area contributed by atoms with Gasteiger partial charge >= 0.3 is 0 Å².